The van der Waals surface area contributed by atoms with Crippen LogP contribution in [0.15, 0.2) is 40.9 Å². The minimum Gasteiger partial charge on any atom is -0.398 e. The van der Waals surface area contributed by atoms with Gasteiger partial charge >= 0.3 is 0 Å². The third-order valence-electron chi connectivity index (χ3n) is 3.68. The van der Waals surface area contributed by atoms with Gasteiger partial charge in [0.2, 0.25) is 5.91 Å². The number of rotatable bonds is 2. The standard InChI is InChI=1S/C16H14BrFN2O/c17-12-3-1-11(14(19)8-12)9-20-15-5-4-13(18)7-10(15)2-6-16(20)21/h1,3-5,7-8H,2,6,9,19H2. The average molecular weight is 349 g/mol. The van der Waals surface area contributed by atoms with Crippen molar-refractivity contribution in [3.8, 4) is 0 Å². The molecule has 3 nitrogen and oxygen atoms in total. The molecule has 0 fully saturated rings. The van der Waals surface area contributed by atoms with Gasteiger partial charge < -0.3 is 10.6 Å². The van der Waals surface area contributed by atoms with Gasteiger partial charge in [-0.25, -0.2) is 4.39 Å². The van der Waals surface area contributed by atoms with Gasteiger partial charge in [-0.3, -0.25) is 4.79 Å². The maximum Gasteiger partial charge on any atom is 0.227 e. The number of nitrogens with two attached hydrogens (primary N) is 1. The van der Waals surface area contributed by atoms with Crippen LogP contribution in [0.3, 0.4) is 0 Å². The number of carbonyl (C=O) groups excluding carboxylic acids is 1. The number of nitrogen functional groups attached to an aromatic ring is 1. The topological polar surface area (TPSA) is 46.3 Å². The van der Waals surface area contributed by atoms with E-state index in [9.17, 15) is 9.18 Å². The Kier molecular flexibility index (Phi) is 3.68. The molecule has 2 aromatic carbocycles. The summed E-state index contributed by atoms with van der Waals surface area (Å²) in [5.74, 6) is -0.234. The maximum absolute atomic E-state index is 13.3. The Morgan fingerprint density at radius 3 is 2.76 bits per heavy atom. The summed E-state index contributed by atoms with van der Waals surface area (Å²) in [4.78, 5) is 13.9. The number of halogens is 2. The van der Waals surface area contributed by atoms with E-state index in [4.69, 9.17) is 5.73 Å². The number of hydrogen-bond donors (Lipinski definition) is 1. The molecule has 1 amide bonds. The van der Waals surface area contributed by atoms with Gasteiger partial charge in [-0.1, -0.05) is 22.0 Å². The molecule has 0 bridgehead atoms. The third kappa shape index (κ3) is 2.78. The van der Waals surface area contributed by atoms with Crippen molar-refractivity contribution in [2.75, 3.05) is 10.6 Å². The van der Waals surface area contributed by atoms with Crippen molar-refractivity contribution in [2.24, 2.45) is 0 Å². The van der Waals surface area contributed by atoms with Gasteiger partial charge in [0.1, 0.15) is 5.82 Å². The molecule has 0 spiro atoms. The second-order valence-electron chi connectivity index (χ2n) is 5.10. The lowest BCUT2D eigenvalue weighted by molar-refractivity contribution is -0.119. The van der Waals surface area contributed by atoms with Crippen LogP contribution in [0.5, 0.6) is 0 Å². The molecule has 2 aromatic rings. The summed E-state index contributed by atoms with van der Waals surface area (Å²) in [7, 11) is 0. The highest BCUT2D eigenvalue weighted by Gasteiger charge is 2.25. The first-order chi connectivity index (χ1) is 10.0. The molecular formula is C16H14BrFN2O. The maximum atomic E-state index is 13.3. The van der Waals surface area contributed by atoms with Gasteiger partial charge in [0.15, 0.2) is 0 Å². The van der Waals surface area contributed by atoms with Gasteiger partial charge in [0, 0.05) is 22.3 Å². The predicted molar refractivity (Wildman–Crippen MR) is 84.5 cm³/mol. The fourth-order valence-corrected chi connectivity index (χ4v) is 2.96. The van der Waals surface area contributed by atoms with Gasteiger partial charge in [0.25, 0.3) is 0 Å². The van der Waals surface area contributed by atoms with Crippen LogP contribution in [-0.2, 0) is 17.8 Å². The highest BCUT2D eigenvalue weighted by atomic mass is 79.9. The molecule has 0 aromatic heterocycles. The van der Waals surface area contributed by atoms with E-state index in [1.54, 1.807) is 11.0 Å². The van der Waals surface area contributed by atoms with E-state index in [-0.39, 0.29) is 11.7 Å². The van der Waals surface area contributed by atoms with Crippen molar-refractivity contribution >= 4 is 33.2 Å². The van der Waals surface area contributed by atoms with Crippen molar-refractivity contribution < 1.29 is 9.18 Å². The molecule has 0 radical (unpaired) electrons. The molecule has 0 unspecified atom stereocenters. The second kappa shape index (κ2) is 5.48. The van der Waals surface area contributed by atoms with Crippen molar-refractivity contribution in [2.45, 2.75) is 19.4 Å². The molecule has 108 valence electrons. The van der Waals surface area contributed by atoms with Crippen LogP contribution < -0.4 is 10.6 Å². The van der Waals surface area contributed by atoms with Crippen molar-refractivity contribution in [3.63, 3.8) is 0 Å². The van der Waals surface area contributed by atoms with Gasteiger partial charge in [-0.15, -0.1) is 0 Å². The van der Waals surface area contributed by atoms with E-state index in [1.807, 2.05) is 18.2 Å². The molecule has 1 aliphatic heterocycles. The zero-order valence-electron chi connectivity index (χ0n) is 11.3. The monoisotopic (exact) mass is 348 g/mol. The Hall–Kier alpha value is -1.88. The van der Waals surface area contributed by atoms with Gasteiger partial charge in [0.05, 0.1) is 6.54 Å². The number of fused-ring (bicyclic) bond motifs is 1. The number of nitrogens with zero attached hydrogens (tertiary/aromatic N) is 1. The molecule has 0 saturated carbocycles. The van der Waals surface area contributed by atoms with E-state index in [0.29, 0.717) is 25.1 Å². The summed E-state index contributed by atoms with van der Waals surface area (Å²) in [6, 6.07) is 10.2. The minimum atomic E-state index is -0.272. The van der Waals surface area contributed by atoms with E-state index < -0.39 is 0 Å². The normalized spacial score (nSPS) is 14.2. The highest BCUT2D eigenvalue weighted by molar-refractivity contribution is 9.10. The molecule has 1 heterocycles. The number of amides is 1. The first-order valence-corrected chi connectivity index (χ1v) is 7.46. The van der Waals surface area contributed by atoms with Crippen LogP contribution in [0, 0.1) is 5.82 Å². The summed E-state index contributed by atoms with van der Waals surface area (Å²) in [5.41, 5.74) is 9.15. The lowest BCUT2D eigenvalue weighted by Crippen LogP contribution is -2.34. The fraction of sp³-hybridized carbons (Fsp3) is 0.188. The van der Waals surface area contributed by atoms with Crippen LogP contribution in [0.4, 0.5) is 15.8 Å². The van der Waals surface area contributed by atoms with Gasteiger partial charge in [-0.2, -0.15) is 0 Å². The summed E-state index contributed by atoms with van der Waals surface area (Å²) in [6.07, 6.45) is 0.977. The highest BCUT2D eigenvalue weighted by Crippen LogP contribution is 2.31. The number of carbonyl (C=O) groups is 1. The number of hydrogen-bond acceptors (Lipinski definition) is 2. The Balaban J connectivity index is 1.96. The minimum absolute atomic E-state index is 0.0384. The Labute approximate surface area is 130 Å². The molecule has 0 atom stereocenters. The van der Waals surface area contributed by atoms with Crippen molar-refractivity contribution in [3.05, 3.63) is 57.8 Å². The quantitative estimate of drug-likeness (QED) is 0.842. The lowest BCUT2D eigenvalue weighted by Gasteiger charge is -2.30. The van der Waals surface area contributed by atoms with Crippen LogP contribution >= 0.6 is 15.9 Å². The van der Waals surface area contributed by atoms with E-state index in [1.165, 1.54) is 12.1 Å². The van der Waals surface area contributed by atoms with Crippen LogP contribution in [0.25, 0.3) is 0 Å². The molecule has 1 aliphatic rings. The fourth-order valence-electron chi connectivity index (χ4n) is 2.58. The summed E-state index contributed by atoms with van der Waals surface area (Å²) < 4.78 is 14.2. The molecular weight excluding hydrogens is 335 g/mol. The first-order valence-electron chi connectivity index (χ1n) is 6.67. The van der Waals surface area contributed by atoms with Crippen molar-refractivity contribution in [1.82, 2.24) is 0 Å². The number of anilines is 2. The number of benzene rings is 2. The second-order valence-corrected chi connectivity index (χ2v) is 6.01. The summed E-state index contributed by atoms with van der Waals surface area (Å²) in [6.45, 7) is 0.399. The molecule has 5 heteroatoms. The molecule has 0 saturated heterocycles. The van der Waals surface area contributed by atoms with E-state index in [2.05, 4.69) is 15.9 Å². The summed E-state index contributed by atoms with van der Waals surface area (Å²) in [5, 5.41) is 0. The SMILES string of the molecule is Nc1cc(Br)ccc1CN1C(=O)CCc2cc(F)ccc21. The van der Waals surface area contributed by atoms with Crippen LogP contribution in [0.2, 0.25) is 0 Å². The Bertz CT molecular complexity index is 717. The van der Waals surface area contributed by atoms with Crippen LogP contribution in [-0.4, -0.2) is 5.91 Å². The molecule has 3 rings (SSSR count). The zero-order valence-corrected chi connectivity index (χ0v) is 12.9. The van der Waals surface area contributed by atoms with Crippen LogP contribution in [0.1, 0.15) is 17.5 Å². The van der Waals surface area contributed by atoms with Gasteiger partial charge in [-0.05, 0) is 47.9 Å². The Morgan fingerprint density at radius 1 is 1.19 bits per heavy atom. The van der Waals surface area contributed by atoms with Crippen molar-refractivity contribution in [1.29, 1.82) is 0 Å². The lowest BCUT2D eigenvalue weighted by atomic mass is 10.00. The smallest absolute Gasteiger partial charge is 0.227 e. The largest absolute Gasteiger partial charge is 0.398 e. The predicted octanol–water partition coefficient (Wildman–Crippen LogP) is 3.65. The zero-order chi connectivity index (χ0) is 15.0. The molecule has 0 aliphatic carbocycles. The Morgan fingerprint density at radius 2 is 2.00 bits per heavy atom. The third-order valence-corrected chi connectivity index (χ3v) is 4.17. The first kappa shape index (κ1) is 14.1. The summed E-state index contributed by atoms with van der Waals surface area (Å²) >= 11 is 3.36. The molecule has 21 heavy (non-hydrogen) atoms. The van der Waals surface area contributed by atoms with E-state index >= 15 is 0 Å². The average Bonchev–Trinajstić information content (AvgIpc) is 2.44. The van der Waals surface area contributed by atoms with E-state index in [0.717, 1.165) is 21.3 Å². The number of aryl methyl sites for hydroxylation is 1. The molecule has 2 N–H and O–H groups in total.